The van der Waals surface area contributed by atoms with Crippen LogP contribution in [0.5, 0.6) is 0 Å². The van der Waals surface area contributed by atoms with Crippen LogP contribution in [0, 0.1) is 25.7 Å². The second-order valence-corrected chi connectivity index (χ2v) is 12.6. The molecule has 0 nitrogen and oxygen atoms in total. The van der Waals surface area contributed by atoms with Crippen molar-refractivity contribution in [2.24, 2.45) is 11.8 Å². The highest BCUT2D eigenvalue weighted by molar-refractivity contribution is 8.03. The maximum Gasteiger partial charge on any atom is 0.0151 e. The molecule has 0 saturated heterocycles. The number of rotatable bonds is 3. The van der Waals surface area contributed by atoms with Crippen molar-refractivity contribution in [2.45, 2.75) is 105 Å². The van der Waals surface area contributed by atoms with Gasteiger partial charge in [-0.05, 0) is 83.2 Å². The first kappa shape index (κ1) is 28.5. The quantitative estimate of drug-likeness (QED) is 0.422. The van der Waals surface area contributed by atoms with Crippen molar-refractivity contribution in [1.29, 1.82) is 0 Å². The fraction of sp³-hybridized carbons (Fsp3) is 0.515. The summed E-state index contributed by atoms with van der Waals surface area (Å²) in [5.41, 5.74) is 7.78. The Morgan fingerprint density at radius 2 is 1.56 bits per heavy atom. The Labute approximate surface area is 216 Å². The molecule has 1 fully saturated rings. The molecule has 188 valence electrons. The van der Waals surface area contributed by atoms with Gasteiger partial charge in [0.25, 0.3) is 0 Å². The Morgan fingerprint density at radius 3 is 2.09 bits per heavy atom. The average molecular weight is 479 g/mol. The summed E-state index contributed by atoms with van der Waals surface area (Å²) in [5, 5.41) is 0. The van der Waals surface area contributed by atoms with Gasteiger partial charge >= 0.3 is 0 Å². The van der Waals surface area contributed by atoms with E-state index in [1.807, 2.05) is 25.6 Å². The van der Waals surface area contributed by atoms with Gasteiger partial charge in [0.2, 0.25) is 0 Å². The first-order valence-corrected chi connectivity index (χ1v) is 14.0. The number of hydrogen-bond acceptors (Lipinski definition) is 1. The Bertz CT molecular complexity index is 1010. The van der Waals surface area contributed by atoms with Crippen LogP contribution in [0.1, 0.15) is 98.0 Å². The van der Waals surface area contributed by atoms with E-state index in [4.69, 9.17) is 0 Å². The Hall–Kier alpha value is -1.73. The number of allylic oxidation sites excluding steroid dienone is 3. The van der Waals surface area contributed by atoms with E-state index in [-0.39, 0.29) is 12.3 Å². The predicted octanol–water partition coefficient (Wildman–Crippen LogP) is 10.6. The van der Waals surface area contributed by atoms with Gasteiger partial charge in [0.15, 0.2) is 0 Å². The molecule has 0 bridgehead atoms. The van der Waals surface area contributed by atoms with E-state index in [1.54, 1.807) is 0 Å². The molecule has 0 spiro atoms. The molecule has 2 aliphatic rings. The molecule has 0 heterocycles. The first-order chi connectivity index (χ1) is 15.9. The summed E-state index contributed by atoms with van der Waals surface area (Å²) in [6.07, 6.45) is 9.57. The van der Waals surface area contributed by atoms with E-state index < -0.39 is 0 Å². The number of hydrogen-bond donors (Lipinski definition) is 0. The molecule has 1 heteroatoms. The highest BCUT2D eigenvalue weighted by atomic mass is 32.2. The number of fused-ring (bicyclic) bond motifs is 1. The molecule has 4 rings (SSSR count). The maximum absolute atomic E-state index is 2.43. The highest BCUT2D eigenvalue weighted by Gasteiger charge is 2.35. The third-order valence-electron chi connectivity index (χ3n) is 6.67. The van der Waals surface area contributed by atoms with Crippen molar-refractivity contribution in [2.75, 3.05) is 0 Å². The van der Waals surface area contributed by atoms with Gasteiger partial charge in [-0.15, -0.1) is 0 Å². The molecule has 34 heavy (non-hydrogen) atoms. The van der Waals surface area contributed by atoms with Crippen LogP contribution >= 0.6 is 11.8 Å². The van der Waals surface area contributed by atoms with Crippen molar-refractivity contribution >= 4 is 11.8 Å². The normalized spacial score (nSPS) is 18.6. The summed E-state index contributed by atoms with van der Waals surface area (Å²) in [4.78, 5) is 2.80. The van der Waals surface area contributed by atoms with Crippen LogP contribution in [0.4, 0.5) is 0 Å². The fourth-order valence-corrected chi connectivity index (χ4v) is 5.37. The number of thioether (sulfide) groups is 1. The number of aryl methyl sites for hydroxylation is 2. The molecule has 2 aromatic carbocycles. The van der Waals surface area contributed by atoms with Crippen molar-refractivity contribution in [3.8, 4) is 0 Å². The average Bonchev–Trinajstić information content (AvgIpc) is 3.55. The largest absolute Gasteiger partial charge is 0.0902 e. The summed E-state index contributed by atoms with van der Waals surface area (Å²) < 4.78 is 0. The summed E-state index contributed by atoms with van der Waals surface area (Å²) in [7, 11) is 0. The predicted molar refractivity (Wildman–Crippen MR) is 157 cm³/mol. The lowest BCUT2D eigenvalue weighted by Crippen LogP contribution is -2.19. The highest BCUT2D eigenvalue weighted by Crippen LogP contribution is 2.47. The third-order valence-corrected chi connectivity index (χ3v) is 7.85. The molecular weight excluding hydrogens is 428 g/mol. The van der Waals surface area contributed by atoms with E-state index in [0.717, 1.165) is 18.3 Å². The Balaban J connectivity index is 0.000000319. The van der Waals surface area contributed by atoms with Gasteiger partial charge in [0, 0.05) is 11.2 Å². The molecular formula is C33H50S. The molecule has 0 radical (unpaired) electrons. The van der Waals surface area contributed by atoms with E-state index in [1.165, 1.54) is 44.0 Å². The van der Waals surface area contributed by atoms with E-state index in [0.29, 0.717) is 0 Å². The number of benzene rings is 2. The van der Waals surface area contributed by atoms with Crippen molar-refractivity contribution in [3.05, 3.63) is 87.3 Å². The van der Waals surface area contributed by atoms with E-state index in [2.05, 4.69) is 117 Å². The van der Waals surface area contributed by atoms with Gasteiger partial charge in [-0.3, -0.25) is 0 Å². The van der Waals surface area contributed by atoms with Crippen LogP contribution in [0.2, 0.25) is 0 Å². The second-order valence-electron chi connectivity index (χ2n) is 11.5. The molecule has 2 aliphatic carbocycles. The molecule has 2 unspecified atom stereocenters. The fourth-order valence-electron chi connectivity index (χ4n) is 4.35. The topological polar surface area (TPSA) is 0 Å². The van der Waals surface area contributed by atoms with E-state index in [9.17, 15) is 0 Å². The first-order valence-electron chi connectivity index (χ1n) is 13.2. The monoisotopic (exact) mass is 478 g/mol. The van der Waals surface area contributed by atoms with Crippen molar-refractivity contribution < 1.29 is 1.43 Å². The lowest BCUT2D eigenvalue weighted by atomic mass is 9.77. The van der Waals surface area contributed by atoms with Crippen LogP contribution in [-0.4, -0.2) is 0 Å². The van der Waals surface area contributed by atoms with Crippen LogP contribution in [0.15, 0.2) is 64.4 Å². The maximum atomic E-state index is 2.43. The lowest BCUT2D eigenvalue weighted by Gasteiger charge is -2.28. The smallest absolute Gasteiger partial charge is 0.0151 e. The van der Waals surface area contributed by atoms with Crippen LogP contribution in [0.25, 0.3) is 0 Å². The zero-order valence-corrected chi connectivity index (χ0v) is 24.5. The molecule has 0 amide bonds. The Morgan fingerprint density at radius 1 is 0.912 bits per heavy atom. The van der Waals surface area contributed by atoms with Crippen LogP contribution < -0.4 is 0 Å². The second kappa shape index (κ2) is 11.8. The summed E-state index contributed by atoms with van der Waals surface area (Å²) in [5.74, 6) is 1.72. The van der Waals surface area contributed by atoms with Crippen molar-refractivity contribution in [3.63, 3.8) is 0 Å². The van der Waals surface area contributed by atoms with Gasteiger partial charge in [0.05, 0.1) is 0 Å². The SMILES string of the molecule is CC.CCc1cc(C(C)(C)C)cc(C(C)(C)C)c1C.Cc1ccccc1SC1=CC2CC2C=C1.[HH]. The summed E-state index contributed by atoms with van der Waals surface area (Å²) in [6.45, 7) is 24.5. The minimum atomic E-state index is 0. The van der Waals surface area contributed by atoms with Crippen LogP contribution in [-0.2, 0) is 17.3 Å². The van der Waals surface area contributed by atoms with E-state index >= 15 is 0 Å². The Kier molecular flexibility index (Phi) is 9.90. The molecule has 0 aliphatic heterocycles. The molecule has 0 N–H and O–H groups in total. The molecule has 0 aromatic heterocycles. The van der Waals surface area contributed by atoms with Gasteiger partial charge in [-0.25, -0.2) is 0 Å². The van der Waals surface area contributed by atoms with Gasteiger partial charge in [-0.2, -0.15) is 0 Å². The molecule has 2 aromatic rings. The summed E-state index contributed by atoms with van der Waals surface area (Å²) >= 11 is 1.90. The van der Waals surface area contributed by atoms with Gasteiger partial charge in [-0.1, -0.05) is 123 Å². The molecule has 2 atom stereocenters. The standard InChI is InChI=1S/C17H28.C14H14S.C2H6.H2/c1-9-13-10-14(16(3,4)5)11-15(12(13)2)17(6,7)8;1-10-4-2-3-5-14(10)15-13-7-6-11-8-12(11)9-13;1-2;/h10-11H,9H2,1-8H3;2-7,9,11-12H,8H2,1H3;1-2H3;1H. The minimum absolute atomic E-state index is 0. The minimum Gasteiger partial charge on any atom is -0.0902 e. The zero-order valence-electron chi connectivity index (χ0n) is 23.7. The van der Waals surface area contributed by atoms with Gasteiger partial charge in [0.1, 0.15) is 0 Å². The third kappa shape index (κ3) is 7.64. The van der Waals surface area contributed by atoms with Crippen molar-refractivity contribution in [1.82, 2.24) is 0 Å². The molecule has 1 saturated carbocycles. The lowest BCUT2D eigenvalue weighted by molar-refractivity contribution is 0.564. The summed E-state index contributed by atoms with van der Waals surface area (Å²) in [6, 6.07) is 13.4. The van der Waals surface area contributed by atoms with Crippen LogP contribution in [0.3, 0.4) is 0 Å². The zero-order chi connectivity index (χ0) is 25.7. The van der Waals surface area contributed by atoms with Gasteiger partial charge < -0.3 is 0 Å².